The van der Waals surface area contributed by atoms with Crippen LogP contribution in [0.15, 0.2) is 32.7 Å². The van der Waals surface area contributed by atoms with E-state index in [-0.39, 0.29) is 23.5 Å². The number of benzene rings is 1. The molecule has 1 amide bonds. The van der Waals surface area contributed by atoms with Crippen molar-refractivity contribution in [1.82, 2.24) is 10.2 Å². The van der Waals surface area contributed by atoms with E-state index in [2.05, 4.69) is 37.2 Å². The number of phenols is 1. The van der Waals surface area contributed by atoms with E-state index in [0.717, 1.165) is 0 Å². The van der Waals surface area contributed by atoms with Gasteiger partial charge >= 0.3 is 0 Å². The van der Waals surface area contributed by atoms with Gasteiger partial charge in [0.15, 0.2) is 11.6 Å². The molecule has 0 saturated heterocycles. The molecule has 8 heteroatoms. The Balaban J connectivity index is 2.48. The van der Waals surface area contributed by atoms with Crippen LogP contribution in [-0.2, 0) is 4.74 Å². The lowest BCUT2D eigenvalue weighted by Gasteiger charge is -2.35. The second-order valence-corrected chi connectivity index (χ2v) is 6.89. The molecule has 0 unspecified atom stereocenters. The smallest absolute Gasteiger partial charge is 0.259 e. The predicted molar refractivity (Wildman–Crippen MR) is 94.6 cm³/mol. The maximum absolute atomic E-state index is 12.9. The molecule has 1 aliphatic rings. The number of ether oxygens (including phenoxy) is 1. The maximum atomic E-state index is 12.9. The summed E-state index contributed by atoms with van der Waals surface area (Å²) in [4.78, 5) is 14.4. The molecule has 1 aromatic carbocycles. The number of hydrogen-bond donors (Lipinski definition) is 3. The van der Waals surface area contributed by atoms with Crippen LogP contribution in [0.3, 0.4) is 0 Å². The van der Waals surface area contributed by atoms with Gasteiger partial charge in [0, 0.05) is 12.6 Å². The van der Waals surface area contributed by atoms with Crippen molar-refractivity contribution in [2.45, 2.75) is 20.0 Å². The van der Waals surface area contributed by atoms with Crippen molar-refractivity contribution in [3.05, 3.63) is 38.2 Å². The number of rotatable bonds is 3. The highest BCUT2D eigenvalue weighted by molar-refractivity contribution is 9.11. The summed E-state index contributed by atoms with van der Waals surface area (Å²) in [6.07, 6.45) is -0.227. The van der Waals surface area contributed by atoms with Gasteiger partial charge in [-0.15, -0.1) is 0 Å². The van der Waals surface area contributed by atoms with E-state index in [1.165, 1.54) is 0 Å². The third kappa shape index (κ3) is 3.53. The van der Waals surface area contributed by atoms with Crippen molar-refractivity contribution < 1.29 is 14.6 Å². The van der Waals surface area contributed by atoms with Gasteiger partial charge in [-0.2, -0.15) is 0 Å². The fourth-order valence-corrected chi connectivity index (χ4v) is 3.50. The van der Waals surface area contributed by atoms with E-state index >= 15 is 0 Å². The Labute approximate surface area is 151 Å². The van der Waals surface area contributed by atoms with Gasteiger partial charge in [0.25, 0.3) is 5.91 Å². The Hall–Kier alpha value is -1.54. The van der Waals surface area contributed by atoms with E-state index in [9.17, 15) is 9.90 Å². The number of carbonyl (C=O) groups excluding carboxylic acids is 1. The Kier molecular flexibility index (Phi) is 5.36. The molecular formula is C15H17Br2N3O3. The number of aromatic hydroxyl groups is 1. The minimum absolute atomic E-state index is 0.0392. The van der Waals surface area contributed by atoms with Gasteiger partial charge in [0.1, 0.15) is 11.9 Å². The first kappa shape index (κ1) is 17.8. The summed E-state index contributed by atoms with van der Waals surface area (Å²) in [6.45, 7) is 3.82. The zero-order chi connectivity index (χ0) is 17.3. The molecule has 2 rings (SSSR count). The number of halogens is 2. The fraction of sp³-hybridized carbons (Fsp3) is 0.333. The van der Waals surface area contributed by atoms with Crippen LogP contribution in [0.25, 0.3) is 0 Å². The summed E-state index contributed by atoms with van der Waals surface area (Å²) in [7, 11) is 1.68. The van der Waals surface area contributed by atoms with Crippen molar-refractivity contribution in [3.8, 4) is 5.75 Å². The van der Waals surface area contributed by atoms with Crippen molar-refractivity contribution in [1.29, 1.82) is 5.41 Å². The van der Waals surface area contributed by atoms with E-state index in [0.29, 0.717) is 32.6 Å². The van der Waals surface area contributed by atoms with Gasteiger partial charge in [-0.05, 0) is 57.8 Å². The van der Waals surface area contributed by atoms with Gasteiger partial charge in [-0.25, -0.2) is 0 Å². The molecule has 0 saturated carbocycles. The van der Waals surface area contributed by atoms with Gasteiger partial charge in [-0.1, -0.05) is 0 Å². The highest BCUT2D eigenvalue weighted by Crippen LogP contribution is 2.34. The van der Waals surface area contributed by atoms with Crippen LogP contribution >= 0.6 is 31.9 Å². The number of allylic oxidation sites excluding steroid dienone is 1. The topological polar surface area (TPSA) is 85.7 Å². The van der Waals surface area contributed by atoms with Crippen LogP contribution in [0, 0.1) is 5.41 Å². The van der Waals surface area contributed by atoms with Crippen LogP contribution in [0.1, 0.15) is 24.2 Å². The van der Waals surface area contributed by atoms with Gasteiger partial charge in [-0.3, -0.25) is 9.69 Å². The molecule has 1 atom stereocenters. The summed E-state index contributed by atoms with van der Waals surface area (Å²) in [6, 6.07) is 3.12. The minimum Gasteiger partial charge on any atom is -0.506 e. The Morgan fingerprint density at radius 2 is 2.00 bits per heavy atom. The quantitative estimate of drug-likeness (QED) is 0.622. The Morgan fingerprint density at radius 3 is 2.48 bits per heavy atom. The van der Waals surface area contributed by atoms with Crippen molar-refractivity contribution in [2.75, 3.05) is 13.6 Å². The van der Waals surface area contributed by atoms with Crippen molar-refractivity contribution in [3.63, 3.8) is 0 Å². The molecule has 1 aromatic rings. The lowest BCUT2D eigenvalue weighted by Crippen LogP contribution is -2.46. The molecule has 0 radical (unpaired) electrons. The zero-order valence-electron chi connectivity index (χ0n) is 12.9. The minimum atomic E-state index is -0.246. The number of phenolic OH excluding ortho intramolecular Hbond substituents is 1. The molecule has 0 spiro atoms. The summed E-state index contributed by atoms with van der Waals surface area (Å²) in [5.41, 5.74) is 0.650. The molecule has 1 heterocycles. The zero-order valence-corrected chi connectivity index (χ0v) is 16.1. The average Bonchev–Trinajstić information content (AvgIpc) is 2.50. The van der Waals surface area contributed by atoms with Crippen LogP contribution < -0.4 is 5.32 Å². The van der Waals surface area contributed by atoms with Crippen molar-refractivity contribution in [2.24, 2.45) is 0 Å². The third-order valence-corrected chi connectivity index (χ3v) is 4.54. The van der Waals surface area contributed by atoms with Crippen LogP contribution in [0.4, 0.5) is 0 Å². The predicted octanol–water partition coefficient (Wildman–Crippen LogP) is 3.21. The summed E-state index contributed by atoms with van der Waals surface area (Å²) >= 11 is 6.46. The molecular weight excluding hydrogens is 430 g/mol. The lowest BCUT2D eigenvalue weighted by molar-refractivity contribution is 0.0491. The first-order chi connectivity index (χ1) is 10.8. The van der Waals surface area contributed by atoms with Crippen LogP contribution in [-0.4, -0.2) is 41.3 Å². The standard InChI is InChI=1S/C15H17Br2N3O3/c1-7-6-20(14(19-3)13(23-7)8(2)18)15(22)9-4-10(16)12(21)11(17)5-9/h4-5,7,18-19,21H,6H2,1-3H3/t7-/m0/s1. The lowest BCUT2D eigenvalue weighted by atomic mass is 10.1. The molecule has 6 nitrogen and oxygen atoms in total. The molecule has 0 aliphatic carbocycles. The molecule has 1 aliphatic heterocycles. The largest absolute Gasteiger partial charge is 0.506 e. The van der Waals surface area contributed by atoms with E-state index < -0.39 is 0 Å². The molecule has 0 fully saturated rings. The van der Waals surface area contributed by atoms with Crippen molar-refractivity contribution >= 4 is 43.5 Å². The summed E-state index contributed by atoms with van der Waals surface area (Å²) in [5.74, 6) is 0.611. The van der Waals surface area contributed by atoms with E-state index in [1.54, 1.807) is 31.0 Å². The molecule has 124 valence electrons. The first-order valence-electron chi connectivity index (χ1n) is 6.90. The number of nitrogens with zero attached hydrogens (tertiary/aromatic N) is 1. The third-order valence-electron chi connectivity index (χ3n) is 3.33. The molecule has 23 heavy (non-hydrogen) atoms. The maximum Gasteiger partial charge on any atom is 0.259 e. The average molecular weight is 447 g/mol. The van der Waals surface area contributed by atoms with Gasteiger partial charge in [0.05, 0.1) is 21.2 Å². The van der Waals surface area contributed by atoms with Gasteiger partial charge in [0.2, 0.25) is 0 Å². The number of amides is 1. The Bertz CT molecular complexity index is 680. The summed E-state index contributed by atoms with van der Waals surface area (Å²) in [5, 5.41) is 20.6. The number of carbonyl (C=O) groups is 1. The van der Waals surface area contributed by atoms with Gasteiger partial charge < -0.3 is 20.6 Å². The second kappa shape index (κ2) is 6.92. The number of nitrogens with one attached hydrogen (secondary N) is 2. The first-order valence-corrected chi connectivity index (χ1v) is 8.49. The molecule has 0 bridgehead atoms. The molecule has 3 N–H and O–H groups in total. The van der Waals surface area contributed by atoms with E-state index in [4.69, 9.17) is 10.1 Å². The SMILES string of the molecule is CNC1=C(C(C)=N)O[C@@H](C)CN1C(=O)c1cc(Br)c(O)c(Br)c1. The second-order valence-electron chi connectivity index (χ2n) is 5.19. The Morgan fingerprint density at radius 1 is 1.43 bits per heavy atom. The van der Waals surface area contributed by atoms with E-state index in [1.807, 2.05) is 6.92 Å². The molecule has 0 aromatic heterocycles. The highest BCUT2D eigenvalue weighted by Gasteiger charge is 2.31. The fourth-order valence-electron chi connectivity index (χ4n) is 2.31. The normalized spacial score (nSPS) is 17.8. The highest BCUT2D eigenvalue weighted by atomic mass is 79.9. The van der Waals surface area contributed by atoms with Crippen LogP contribution in [0.2, 0.25) is 0 Å². The number of hydrogen-bond acceptors (Lipinski definition) is 5. The monoisotopic (exact) mass is 445 g/mol. The summed E-state index contributed by atoms with van der Waals surface area (Å²) < 4.78 is 6.53. The van der Waals surface area contributed by atoms with Crippen LogP contribution in [0.5, 0.6) is 5.75 Å².